The second kappa shape index (κ2) is 6.06. The van der Waals surface area contributed by atoms with Crippen LogP contribution in [0.1, 0.15) is 16.8 Å². The minimum Gasteiger partial charge on any atom is -0.321 e. The summed E-state index contributed by atoms with van der Waals surface area (Å²) in [6, 6.07) is 0.792. The molecule has 1 aromatic carbocycles. The van der Waals surface area contributed by atoms with E-state index in [1.165, 1.54) is 0 Å². The van der Waals surface area contributed by atoms with Crippen molar-refractivity contribution in [1.82, 2.24) is 0 Å². The predicted octanol–water partition coefficient (Wildman–Crippen LogP) is 1.67. The van der Waals surface area contributed by atoms with E-state index in [9.17, 15) is 22.0 Å². The number of nitrogens with two attached hydrogens (primary N) is 1. The molecule has 4 nitrogen and oxygen atoms in total. The topological polar surface area (TPSA) is 77.2 Å². The van der Waals surface area contributed by atoms with Gasteiger partial charge in [-0.1, -0.05) is 0 Å². The maximum atomic E-state index is 13.7. The number of hydrogen-bond acceptors (Lipinski definition) is 4. The zero-order valence-electron chi connectivity index (χ0n) is 9.99. The van der Waals surface area contributed by atoms with Crippen LogP contribution < -0.4 is 5.73 Å². The van der Waals surface area contributed by atoms with Gasteiger partial charge in [0.05, 0.1) is 21.8 Å². The van der Waals surface area contributed by atoms with Gasteiger partial charge in [0.2, 0.25) is 0 Å². The van der Waals surface area contributed by atoms with Crippen molar-refractivity contribution in [3.8, 4) is 0 Å². The first kappa shape index (κ1) is 16.2. The van der Waals surface area contributed by atoms with Crippen LogP contribution in [0, 0.1) is 11.6 Å². The smallest absolute Gasteiger partial charge is 0.185 e. The highest BCUT2D eigenvalue weighted by atomic mass is 79.9. The van der Waals surface area contributed by atoms with Gasteiger partial charge in [0, 0.05) is 6.26 Å². The molecule has 0 amide bonds. The molecule has 0 bridgehead atoms. The Hall–Kier alpha value is -0.860. The average molecular weight is 356 g/mol. The van der Waals surface area contributed by atoms with Gasteiger partial charge in [-0.2, -0.15) is 0 Å². The lowest BCUT2D eigenvalue weighted by molar-refractivity contribution is 0.0951. The van der Waals surface area contributed by atoms with Gasteiger partial charge in [0.25, 0.3) is 0 Å². The molecule has 106 valence electrons. The minimum atomic E-state index is -3.29. The van der Waals surface area contributed by atoms with Crippen molar-refractivity contribution in [2.45, 2.75) is 12.5 Å². The molecule has 0 spiro atoms. The zero-order chi connectivity index (χ0) is 14.8. The van der Waals surface area contributed by atoms with Crippen LogP contribution in [0.25, 0.3) is 0 Å². The van der Waals surface area contributed by atoms with Gasteiger partial charge >= 0.3 is 0 Å². The molecule has 19 heavy (non-hydrogen) atoms. The number of rotatable bonds is 5. The molecule has 0 fully saturated rings. The van der Waals surface area contributed by atoms with E-state index in [1.807, 2.05) is 0 Å². The molecule has 1 atom stereocenters. The molecular weight excluding hydrogens is 344 g/mol. The molecule has 1 unspecified atom stereocenters. The van der Waals surface area contributed by atoms with Gasteiger partial charge in [-0.15, -0.1) is 0 Å². The van der Waals surface area contributed by atoms with E-state index in [2.05, 4.69) is 15.9 Å². The number of carbonyl (C=O) groups excluding carboxylic acids is 1. The summed E-state index contributed by atoms with van der Waals surface area (Å²) in [7, 11) is -3.29. The van der Waals surface area contributed by atoms with Gasteiger partial charge in [-0.05, 0) is 34.5 Å². The van der Waals surface area contributed by atoms with Crippen LogP contribution in [0.5, 0.6) is 0 Å². The molecule has 0 aromatic heterocycles. The van der Waals surface area contributed by atoms with Gasteiger partial charge in [-0.3, -0.25) is 4.79 Å². The maximum Gasteiger partial charge on any atom is 0.185 e. The first-order chi connectivity index (χ1) is 8.63. The van der Waals surface area contributed by atoms with Crippen LogP contribution in [-0.2, 0) is 9.84 Å². The SMILES string of the molecule is CS(=O)(=O)CCC(N)C(=O)c1c(F)ccc(Br)c1F. The third-order valence-corrected chi connectivity index (χ3v) is 4.02. The van der Waals surface area contributed by atoms with Crippen LogP contribution in [-0.4, -0.2) is 32.3 Å². The molecular formula is C11H12BrF2NO3S. The quantitative estimate of drug-likeness (QED) is 0.643. The lowest BCUT2D eigenvalue weighted by Crippen LogP contribution is -2.33. The Morgan fingerprint density at radius 1 is 1.42 bits per heavy atom. The molecule has 0 aliphatic rings. The Kier molecular flexibility index (Phi) is 5.17. The second-order valence-electron chi connectivity index (χ2n) is 4.11. The highest BCUT2D eigenvalue weighted by Gasteiger charge is 2.25. The molecule has 0 saturated carbocycles. The molecule has 2 N–H and O–H groups in total. The molecule has 0 aliphatic heterocycles. The normalized spacial score (nSPS) is 13.3. The average Bonchev–Trinajstić information content (AvgIpc) is 2.30. The number of benzene rings is 1. The molecule has 0 heterocycles. The van der Waals surface area contributed by atoms with Crippen molar-refractivity contribution in [2.75, 3.05) is 12.0 Å². The van der Waals surface area contributed by atoms with Crippen LogP contribution in [0.4, 0.5) is 8.78 Å². The molecule has 1 aromatic rings. The summed E-state index contributed by atoms with van der Waals surface area (Å²) in [5, 5.41) is 0. The second-order valence-corrected chi connectivity index (χ2v) is 7.22. The third-order valence-electron chi connectivity index (χ3n) is 2.43. The van der Waals surface area contributed by atoms with Crippen LogP contribution in [0.2, 0.25) is 0 Å². The van der Waals surface area contributed by atoms with Gasteiger partial charge in [0.15, 0.2) is 11.6 Å². The Balaban J connectivity index is 2.98. The van der Waals surface area contributed by atoms with Crippen molar-refractivity contribution >= 4 is 31.6 Å². The van der Waals surface area contributed by atoms with Crippen molar-refractivity contribution in [3.63, 3.8) is 0 Å². The van der Waals surface area contributed by atoms with Crippen LogP contribution in [0.3, 0.4) is 0 Å². The summed E-state index contributed by atoms with van der Waals surface area (Å²) in [6.07, 6.45) is 0.799. The van der Waals surface area contributed by atoms with Gasteiger partial charge in [0.1, 0.15) is 15.7 Å². The third kappa shape index (κ3) is 4.32. The highest BCUT2D eigenvalue weighted by molar-refractivity contribution is 9.10. The number of Topliss-reactive ketones (excluding diaryl/α,β-unsaturated/α-hetero) is 1. The van der Waals surface area contributed by atoms with E-state index in [0.29, 0.717) is 0 Å². The van der Waals surface area contributed by atoms with Crippen molar-refractivity contribution in [3.05, 3.63) is 33.8 Å². The summed E-state index contributed by atoms with van der Waals surface area (Å²) in [6.45, 7) is 0. The van der Waals surface area contributed by atoms with Crippen molar-refractivity contribution in [2.24, 2.45) is 5.73 Å². The van der Waals surface area contributed by atoms with Crippen molar-refractivity contribution in [1.29, 1.82) is 0 Å². The summed E-state index contributed by atoms with van der Waals surface area (Å²) in [5.41, 5.74) is 4.73. The number of hydrogen-bond donors (Lipinski definition) is 1. The summed E-state index contributed by atoms with van der Waals surface area (Å²) < 4.78 is 49.0. The zero-order valence-corrected chi connectivity index (χ0v) is 12.4. The van der Waals surface area contributed by atoms with E-state index in [1.54, 1.807) is 0 Å². The lowest BCUT2D eigenvalue weighted by Gasteiger charge is -2.12. The van der Waals surface area contributed by atoms with E-state index in [4.69, 9.17) is 5.73 Å². The van der Waals surface area contributed by atoms with E-state index in [0.717, 1.165) is 18.4 Å². The van der Waals surface area contributed by atoms with E-state index in [-0.39, 0.29) is 16.6 Å². The fourth-order valence-electron chi connectivity index (χ4n) is 1.41. The standard InChI is InChI=1S/C11H12BrF2NO3S/c1-19(17,18)5-4-8(15)11(16)9-7(13)3-2-6(12)10(9)14/h2-3,8H,4-5,15H2,1H3. The summed E-state index contributed by atoms with van der Waals surface area (Å²) in [5.74, 6) is -3.35. The van der Waals surface area contributed by atoms with Gasteiger partial charge < -0.3 is 5.73 Å². The minimum absolute atomic E-state index is 0.0624. The number of halogens is 3. The van der Waals surface area contributed by atoms with Crippen molar-refractivity contribution < 1.29 is 22.0 Å². The summed E-state index contributed by atoms with van der Waals surface area (Å²) >= 11 is 2.84. The highest BCUT2D eigenvalue weighted by Crippen LogP contribution is 2.23. The number of ketones is 1. The maximum absolute atomic E-state index is 13.7. The largest absolute Gasteiger partial charge is 0.321 e. The van der Waals surface area contributed by atoms with Crippen LogP contribution >= 0.6 is 15.9 Å². The molecule has 1 rings (SSSR count). The molecule has 0 radical (unpaired) electrons. The number of carbonyl (C=O) groups is 1. The van der Waals surface area contributed by atoms with E-state index < -0.39 is 38.9 Å². The predicted molar refractivity (Wildman–Crippen MR) is 70.7 cm³/mol. The lowest BCUT2D eigenvalue weighted by atomic mass is 10.0. The Labute approximate surface area is 118 Å². The molecule has 0 aliphatic carbocycles. The first-order valence-corrected chi connectivity index (χ1v) is 8.10. The van der Waals surface area contributed by atoms with Gasteiger partial charge in [-0.25, -0.2) is 17.2 Å². The van der Waals surface area contributed by atoms with Crippen LogP contribution in [0.15, 0.2) is 16.6 Å². The first-order valence-electron chi connectivity index (χ1n) is 5.24. The Morgan fingerprint density at radius 2 is 2.00 bits per heavy atom. The fraction of sp³-hybridized carbons (Fsp3) is 0.364. The van der Waals surface area contributed by atoms with E-state index >= 15 is 0 Å². The monoisotopic (exact) mass is 355 g/mol. The Morgan fingerprint density at radius 3 is 2.53 bits per heavy atom. The fourth-order valence-corrected chi connectivity index (χ4v) is 2.42. The Bertz CT molecular complexity index is 604. The molecule has 8 heteroatoms. The number of sulfone groups is 1. The summed E-state index contributed by atoms with van der Waals surface area (Å²) in [4.78, 5) is 11.8. The molecule has 0 saturated heterocycles.